The van der Waals surface area contributed by atoms with Gasteiger partial charge in [0.1, 0.15) is 0 Å². The first-order valence-corrected chi connectivity index (χ1v) is 11.3. The molecule has 1 aliphatic heterocycles. The van der Waals surface area contributed by atoms with Gasteiger partial charge in [-0.05, 0) is 46.7 Å². The molecule has 2 aromatic heterocycles. The van der Waals surface area contributed by atoms with Gasteiger partial charge in [-0.3, -0.25) is 14.6 Å². The van der Waals surface area contributed by atoms with E-state index in [9.17, 15) is 9.59 Å². The SMILES string of the molecule is O=C(NCCn1cccc1)c1ncccc1NC(=O)c1ccc(CN2C=CNN2)c2ccccc12. The lowest BCUT2D eigenvalue weighted by atomic mass is 9.98. The van der Waals surface area contributed by atoms with Gasteiger partial charge in [-0.25, -0.2) is 4.98 Å². The molecule has 0 bridgehead atoms. The van der Waals surface area contributed by atoms with Crippen LogP contribution in [-0.2, 0) is 13.1 Å². The summed E-state index contributed by atoms with van der Waals surface area (Å²) in [5.74, 6) is -0.643. The number of nitrogens with one attached hydrogen (secondary N) is 4. The molecule has 0 aliphatic carbocycles. The summed E-state index contributed by atoms with van der Waals surface area (Å²) in [5.41, 5.74) is 8.08. The Hall–Kier alpha value is -4.63. The maximum absolute atomic E-state index is 13.3. The molecule has 4 N–H and O–H groups in total. The van der Waals surface area contributed by atoms with Crippen molar-refractivity contribution < 1.29 is 9.59 Å². The smallest absolute Gasteiger partial charge is 0.272 e. The van der Waals surface area contributed by atoms with Crippen LogP contribution < -0.4 is 21.6 Å². The number of nitrogens with zero attached hydrogens (tertiary/aromatic N) is 3. The van der Waals surface area contributed by atoms with E-state index in [2.05, 4.69) is 26.6 Å². The van der Waals surface area contributed by atoms with E-state index < -0.39 is 0 Å². The number of carbonyl (C=O) groups is 2. The van der Waals surface area contributed by atoms with E-state index in [-0.39, 0.29) is 17.5 Å². The van der Waals surface area contributed by atoms with Crippen LogP contribution in [0.25, 0.3) is 10.8 Å². The molecule has 0 unspecified atom stereocenters. The number of fused-ring (bicyclic) bond motifs is 1. The largest absolute Gasteiger partial charge is 0.353 e. The molecule has 0 saturated carbocycles. The second kappa shape index (κ2) is 10.1. The van der Waals surface area contributed by atoms with Gasteiger partial charge in [-0.1, -0.05) is 30.3 Å². The van der Waals surface area contributed by atoms with Gasteiger partial charge in [0.25, 0.3) is 11.8 Å². The van der Waals surface area contributed by atoms with Crippen LogP contribution in [0.4, 0.5) is 5.69 Å². The van der Waals surface area contributed by atoms with Gasteiger partial charge in [-0.15, -0.1) is 5.53 Å². The summed E-state index contributed by atoms with van der Waals surface area (Å²) in [6.45, 7) is 1.71. The number of hydrazine groups is 2. The number of aromatic nitrogens is 2. The van der Waals surface area contributed by atoms with E-state index in [0.29, 0.717) is 30.9 Å². The lowest BCUT2D eigenvalue weighted by Crippen LogP contribution is -2.34. The Morgan fingerprint density at radius 1 is 0.914 bits per heavy atom. The first-order valence-electron chi connectivity index (χ1n) is 11.3. The van der Waals surface area contributed by atoms with E-state index in [0.717, 1.165) is 16.3 Å². The van der Waals surface area contributed by atoms with Crippen molar-refractivity contribution in [1.82, 2.24) is 30.8 Å². The average molecular weight is 468 g/mol. The van der Waals surface area contributed by atoms with Crippen molar-refractivity contribution in [2.24, 2.45) is 0 Å². The highest BCUT2D eigenvalue weighted by Crippen LogP contribution is 2.25. The van der Waals surface area contributed by atoms with Crippen LogP contribution >= 0.6 is 0 Å². The van der Waals surface area contributed by atoms with E-state index in [4.69, 9.17) is 0 Å². The number of amides is 2. The van der Waals surface area contributed by atoms with Crippen molar-refractivity contribution in [2.75, 3.05) is 11.9 Å². The molecule has 9 nitrogen and oxygen atoms in total. The first-order chi connectivity index (χ1) is 17.2. The summed E-state index contributed by atoms with van der Waals surface area (Å²) in [6, 6.07) is 18.8. The monoisotopic (exact) mass is 467 g/mol. The minimum absolute atomic E-state index is 0.175. The number of hydrogen-bond donors (Lipinski definition) is 4. The molecule has 2 aromatic carbocycles. The summed E-state index contributed by atoms with van der Waals surface area (Å²) < 4.78 is 1.97. The third kappa shape index (κ3) is 4.99. The molecule has 35 heavy (non-hydrogen) atoms. The Kier molecular flexibility index (Phi) is 6.40. The molecule has 1 aliphatic rings. The molecule has 0 fully saturated rings. The van der Waals surface area contributed by atoms with Gasteiger partial charge in [0, 0.05) is 49.6 Å². The Balaban J connectivity index is 1.34. The molecule has 0 saturated heterocycles. The van der Waals surface area contributed by atoms with Crippen molar-refractivity contribution in [3.05, 3.63) is 108 Å². The number of rotatable bonds is 8. The molecule has 0 radical (unpaired) electrons. The minimum Gasteiger partial charge on any atom is -0.353 e. The molecule has 3 heterocycles. The zero-order valence-electron chi connectivity index (χ0n) is 18.9. The molecule has 2 amide bonds. The topological polar surface area (TPSA) is 103 Å². The molecule has 0 atom stereocenters. The van der Waals surface area contributed by atoms with Gasteiger partial charge < -0.3 is 20.6 Å². The van der Waals surface area contributed by atoms with Gasteiger partial charge in [0.2, 0.25) is 0 Å². The standard InChI is InChI=1S/C26H25N7O2/c34-25(22-10-9-19(18-33-17-13-29-31-33)20-6-1-2-7-21(20)22)30-23-8-5-11-27-24(23)26(35)28-12-16-32-14-3-4-15-32/h1-11,13-15,17,29,31H,12,16,18H2,(H,28,35)(H,30,34). The van der Waals surface area contributed by atoms with Crippen LogP contribution in [0.1, 0.15) is 26.4 Å². The summed E-state index contributed by atoms with van der Waals surface area (Å²) in [6.07, 6.45) is 9.12. The van der Waals surface area contributed by atoms with Crippen molar-refractivity contribution in [3.63, 3.8) is 0 Å². The zero-order valence-corrected chi connectivity index (χ0v) is 18.9. The van der Waals surface area contributed by atoms with Gasteiger partial charge >= 0.3 is 0 Å². The molecular weight excluding hydrogens is 442 g/mol. The van der Waals surface area contributed by atoms with E-state index >= 15 is 0 Å². The maximum Gasteiger partial charge on any atom is 0.272 e. The average Bonchev–Trinajstić information content (AvgIpc) is 3.59. The molecule has 5 rings (SSSR count). The van der Waals surface area contributed by atoms with Crippen LogP contribution in [0.2, 0.25) is 0 Å². The van der Waals surface area contributed by atoms with Gasteiger partial charge in [-0.2, -0.15) is 0 Å². The second-order valence-electron chi connectivity index (χ2n) is 8.05. The third-order valence-electron chi connectivity index (χ3n) is 5.74. The van der Waals surface area contributed by atoms with Crippen molar-refractivity contribution in [1.29, 1.82) is 0 Å². The lowest BCUT2D eigenvalue weighted by molar-refractivity contribution is 0.0948. The normalized spacial score (nSPS) is 12.5. The number of carbonyl (C=O) groups excluding carboxylic acids is 2. The van der Waals surface area contributed by atoms with Crippen LogP contribution in [-0.4, -0.2) is 32.9 Å². The zero-order chi connectivity index (χ0) is 24.0. The van der Waals surface area contributed by atoms with Crippen molar-refractivity contribution >= 4 is 28.3 Å². The fourth-order valence-corrected chi connectivity index (χ4v) is 4.04. The first kappa shape index (κ1) is 22.2. The van der Waals surface area contributed by atoms with Crippen molar-refractivity contribution in [3.8, 4) is 0 Å². The van der Waals surface area contributed by atoms with Crippen LogP contribution in [0.5, 0.6) is 0 Å². The predicted octanol–water partition coefficient (Wildman–Crippen LogP) is 3.01. The van der Waals surface area contributed by atoms with E-state index in [1.54, 1.807) is 12.1 Å². The van der Waals surface area contributed by atoms with Crippen LogP contribution in [0.15, 0.2) is 91.7 Å². The Bertz CT molecular complexity index is 1380. The van der Waals surface area contributed by atoms with Crippen molar-refractivity contribution in [2.45, 2.75) is 13.1 Å². The predicted molar refractivity (Wildman–Crippen MR) is 134 cm³/mol. The quantitative estimate of drug-likeness (QED) is 0.318. The summed E-state index contributed by atoms with van der Waals surface area (Å²) in [7, 11) is 0. The highest BCUT2D eigenvalue weighted by Gasteiger charge is 2.18. The molecular formula is C26H25N7O2. The van der Waals surface area contributed by atoms with Gasteiger partial charge in [0.15, 0.2) is 5.69 Å². The number of pyridine rings is 1. The number of benzene rings is 2. The summed E-state index contributed by atoms with van der Waals surface area (Å²) in [5, 5.41) is 9.48. The summed E-state index contributed by atoms with van der Waals surface area (Å²) in [4.78, 5) is 30.3. The third-order valence-corrected chi connectivity index (χ3v) is 5.74. The van der Waals surface area contributed by atoms with Crippen LogP contribution in [0, 0.1) is 0 Å². The molecule has 4 aromatic rings. The van der Waals surface area contributed by atoms with Crippen LogP contribution in [0.3, 0.4) is 0 Å². The molecule has 176 valence electrons. The molecule has 0 spiro atoms. The summed E-state index contributed by atoms with van der Waals surface area (Å²) >= 11 is 0. The Labute approximate surface area is 202 Å². The van der Waals surface area contributed by atoms with E-state index in [1.807, 2.05) is 82.9 Å². The van der Waals surface area contributed by atoms with E-state index in [1.165, 1.54) is 6.20 Å². The lowest BCUT2D eigenvalue weighted by Gasteiger charge is -2.18. The highest BCUT2D eigenvalue weighted by atomic mass is 16.2. The number of hydrogen-bond acceptors (Lipinski definition) is 6. The number of anilines is 1. The fraction of sp³-hybridized carbons (Fsp3) is 0.115. The minimum atomic E-state index is -0.340. The molecule has 9 heteroatoms. The highest BCUT2D eigenvalue weighted by molar-refractivity contribution is 6.15. The van der Waals surface area contributed by atoms with Gasteiger partial charge in [0.05, 0.1) is 12.2 Å². The Morgan fingerprint density at radius 3 is 2.54 bits per heavy atom. The second-order valence-corrected chi connectivity index (χ2v) is 8.05. The fourth-order valence-electron chi connectivity index (χ4n) is 4.04. The Morgan fingerprint density at radius 2 is 1.74 bits per heavy atom. The maximum atomic E-state index is 13.3.